The molecule has 5 nitrogen and oxygen atoms in total. The highest BCUT2D eigenvalue weighted by Gasteiger charge is 2.17. The number of hydrogen-bond donors (Lipinski definition) is 1. The number of nitrogens with zero attached hydrogens (tertiary/aromatic N) is 2. The first kappa shape index (κ1) is 16.8. The van der Waals surface area contributed by atoms with Crippen molar-refractivity contribution in [2.24, 2.45) is 0 Å². The van der Waals surface area contributed by atoms with Gasteiger partial charge in [-0.15, -0.1) is 0 Å². The standard InChI is InChI=1S/C19H18FN3O2/c1-2-9-22-18(24)15-11-13-7-5-10-21-17(13)23(19(15)25)12-14-6-3-4-8-16(14)20/h3-8,10-11H,2,9,12H2,1H3,(H,22,24). The van der Waals surface area contributed by atoms with Gasteiger partial charge in [-0.1, -0.05) is 25.1 Å². The number of carbonyl (C=O) groups is 1. The quantitative estimate of drug-likeness (QED) is 0.777. The lowest BCUT2D eigenvalue weighted by atomic mass is 10.1. The van der Waals surface area contributed by atoms with Gasteiger partial charge in [-0.25, -0.2) is 9.37 Å². The first-order valence-corrected chi connectivity index (χ1v) is 8.12. The van der Waals surface area contributed by atoms with E-state index in [4.69, 9.17) is 0 Å². The molecule has 0 bridgehead atoms. The number of amides is 1. The second-order valence-electron chi connectivity index (χ2n) is 5.71. The number of aromatic nitrogens is 2. The third-order valence-corrected chi connectivity index (χ3v) is 3.91. The van der Waals surface area contributed by atoms with Crippen molar-refractivity contribution in [3.63, 3.8) is 0 Å². The lowest BCUT2D eigenvalue weighted by molar-refractivity contribution is 0.0952. The Labute approximate surface area is 144 Å². The predicted molar refractivity (Wildman–Crippen MR) is 94.1 cm³/mol. The minimum absolute atomic E-state index is 0.00785. The molecule has 6 heteroatoms. The van der Waals surface area contributed by atoms with Crippen molar-refractivity contribution in [1.29, 1.82) is 0 Å². The van der Waals surface area contributed by atoms with Crippen LogP contribution in [0.4, 0.5) is 4.39 Å². The van der Waals surface area contributed by atoms with Gasteiger partial charge in [0.2, 0.25) is 0 Å². The summed E-state index contributed by atoms with van der Waals surface area (Å²) in [6.45, 7) is 2.42. The third kappa shape index (κ3) is 3.42. The van der Waals surface area contributed by atoms with Crippen LogP contribution in [0.15, 0.2) is 53.5 Å². The van der Waals surface area contributed by atoms with Gasteiger partial charge >= 0.3 is 0 Å². The van der Waals surface area contributed by atoms with Crippen LogP contribution in [0.3, 0.4) is 0 Å². The maximum Gasteiger partial charge on any atom is 0.265 e. The highest BCUT2D eigenvalue weighted by molar-refractivity contribution is 5.96. The van der Waals surface area contributed by atoms with Gasteiger partial charge in [0.05, 0.1) is 6.54 Å². The molecule has 0 aliphatic carbocycles. The van der Waals surface area contributed by atoms with Gasteiger partial charge in [0, 0.05) is 23.7 Å². The lowest BCUT2D eigenvalue weighted by Gasteiger charge is -2.12. The number of pyridine rings is 2. The second-order valence-corrected chi connectivity index (χ2v) is 5.71. The van der Waals surface area contributed by atoms with Crippen molar-refractivity contribution >= 4 is 16.9 Å². The Kier molecular flexibility index (Phi) is 4.88. The summed E-state index contributed by atoms with van der Waals surface area (Å²) in [7, 11) is 0. The monoisotopic (exact) mass is 339 g/mol. The zero-order valence-electron chi connectivity index (χ0n) is 13.8. The molecule has 1 aromatic carbocycles. The van der Waals surface area contributed by atoms with Crippen LogP contribution in [0.5, 0.6) is 0 Å². The summed E-state index contributed by atoms with van der Waals surface area (Å²) in [5.41, 5.74) is 0.332. The zero-order valence-corrected chi connectivity index (χ0v) is 13.8. The van der Waals surface area contributed by atoms with Crippen LogP contribution in [0.2, 0.25) is 0 Å². The van der Waals surface area contributed by atoms with E-state index in [1.807, 2.05) is 6.92 Å². The molecule has 0 aliphatic heterocycles. The van der Waals surface area contributed by atoms with E-state index in [1.165, 1.54) is 16.7 Å². The number of nitrogens with one attached hydrogen (secondary N) is 1. The molecule has 1 amide bonds. The minimum Gasteiger partial charge on any atom is -0.352 e. The number of benzene rings is 1. The van der Waals surface area contributed by atoms with Crippen LogP contribution in [0, 0.1) is 5.82 Å². The zero-order chi connectivity index (χ0) is 17.8. The molecular weight excluding hydrogens is 321 g/mol. The summed E-state index contributed by atoms with van der Waals surface area (Å²) in [6, 6.07) is 11.3. The van der Waals surface area contributed by atoms with Crippen LogP contribution in [0.25, 0.3) is 11.0 Å². The van der Waals surface area contributed by atoms with E-state index in [-0.39, 0.29) is 12.1 Å². The van der Waals surface area contributed by atoms with Crippen molar-refractivity contribution < 1.29 is 9.18 Å². The van der Waals surface area contributed by atoms with Crippen LogP contribution >= 0.6 is 0 Å². The molecular formula is C19H18FN3O2. The van der Waals surface area contributed by atoms with Gasteiger partial charge in [0.15, 0.2) is 0 Å². The Morgan fingerprint density at radius 2 is 2.04 bits per heavy atom. The van der Waals surface area contributed by atoms with Crippen molar-refractivity contribution in [3.8, 4) is 0 Å². The van der Waals surface area contributed by atoms with Gasteiger partial charge in [-0.2, -0.15) is 0 Å². The molecule has 25 heavy (non-hydrogen) atoms. The average Bonchev–Trinajstić information content (AvgIpc) is 2.63. The maximum absolute atomic E-state index is 14.0. The van der Waals surface area contributed by atoms with Gasteiger partial charge in [-0.3, -0.25) is 14.2 Å². The van der Waals surface area contributed by atoms with E-state index in [9.17, 15) is 14.0 Å². The van der Waals surface area contributed by atoms with Crippen molar-refractivity contribution in [3.05, 3.63) is 76.0 Å². The van der Waals surface area contributed by atoms with E-state index < -0.39 is 17.3 Å². The largest absolute Gasteiger partial charge is 0.352 e. The molecule has 0 saturated heterocycles. The maximum atomic E-state index is 14.0. The van der Waals surface area contributed by atoms with Crippen LogP contribution in [0.1, 0.15) is 29.3 Å². The van der Waals surface area contributed by atoms with Crippen molar-refractivity contribution in [2.75, 3.05) is 6.54 Å². The second kappa shape index (κ2) is 7.25. The van der Waals surface area contributed by atoms with E-state index in [1.54, 1.807) is 36.5 Å². The van der Waals surface area contributed by atoms with Crippen LogP contribution in [-0.4, -0.2) is 22.0 Å². The Bertz CT molecular complexity index is 982. The van der Waals surface area contributed by atoms with Gasteiger partial charge in [0.1, 0.15) is 17.0 Å². The van der Waals surface area contributed by atoms with Crippen LogP contribution in [-0.2, 0) is 6.54 Å². The summed E-state index contributed by atoms with van der Waals surface area (Å²) in [5.74, 6) is -0.834. The summed E-state index contributed by atoms with van der Waals surface area (Å²) >= 11 is 0. The minimum atomic E-state index is -0.483. The Balaban J connectivity index is 2.15. The van der Waals surface area contributed by atoms with Crippen molar-refractivity contribution in [1.82, 2.24) is 14.9 Å². The fourth-order valence-electron chi connectivity index (χ4n) is 2.65. The first-order valence-electron chi connectivity index (χ1n) is 8.12. The molecule has 128 valence electrons. The topological polar surface area (TPSA) is 64.0 Å². The summed E-state index contributed by atoms with van der Waals surface area (Å²) < 4.78 is 15.4. The molecule has 2 aromatic heterocycles. The Hall–Kier alpha value is -3.02. The van der Waals surface area contributed by atoms with Gasteiger partial charge in [0.25, 0.3) is 11.5 Å². The highest BCUT2D eigenvalue weighted by atomic mass is 19.1. The number of halogens is 1. The van der Waals surface area contributed by atoms with Gasteiger partial charge in [-0.05, 0) is 30.7 Å². The molecule has 3 aromatic rings. The number of carbonyl (C=O) groups excluding carboxylic acids is 1. The molecule has 0 saturated carbocycles. The summed E-state index contributed by atoms with van der Waals surface area (Å²) in [4.78, 5) is 29.4. The molecule has 0 radical (unpaired) electrons. The fourth-order valence-corrected chi connectivity index (χ4v) is 2.65. The third-order valence-electron chi connectivity index (χ3n) is 3.91. The number of fused-ring (bicyclic) bond motifs is 1. The molecule has 0 spiro atoms. The van der Waals surface area contributed by atoms with E-state index in [2.05, 4.69) is 10.3 Å². The Morgan fingerprint density at radius 1 is 1.24 bits per heavy atom. The van der Waals surface area contributed by atoms with E-state index >= 15 is 0 Å². The van der Waals surface area contributed by atoms with E-state index in [0.717, 1.165) is 6.42 Å². The molecule has 3 rings (SSSR count). The molecule has 1 N–H and O–H groups in total. The van der Waals surface area contributed by atoms with Crippen molar-refractivity contribution in [2.45, 2.75) is 19.9 Å². The molecule has 0 unspecified atom stereocenters. The predicted octanol–water partition coefficient (Wildman–Crippen LogP) is 2.72. The van der Waals surface area contributed by atoms with Gasteiger partial charge < -0.3 is 5.32 Å². The summed E-state index contributed by atoms with van der Waals surface area (Å²) in [6.07, 6.45) is 2.33. The van der Waals surface area contributed by atoms with E-state index in [0.29, 0.717) is 23.1 Å². The highest BCUT2D eigenvalue weighted by Crippen LogP contribution is 2.14. The average molecular weight is 339 g/mol. The molecule has 0 aliphatic rings. The van der Waals surface area contributed by atoms with Crippen LogP contribution < -0.4 is 10.9 Å². The lowest BCUT2D eigenvalue weighted by Crippen LogP contribution is -2.34. The molecule has 2 heterocycles. The molecule has 0 fully saturated rings. The SMILES string of the molecule is CCCNC(=O)c1cc2cccnc2n(Cc2ccccc2F)c1=O. The smallest absolute Gasteiger partial charge is 0.265 e. The molecule has 0 atom stereocenters. The number of rotatable bonds is 5. The normalized spacial score (nSPS) is 10.8. The Morgan fingerprint density at radius 3 is 2.80 bits per heavy atom. The fraction of sp³-hybridized carbons (Fsp3) is 0.211. The summed E-state index contributed by atoms with van der Waals surface area (Å²) in [5, 5.41) is 3.36. The number of hydrogen-bond acceptors (Lipinski definition) is 3. The first-order chi connectivity index (χ1) is 12.1.